The van der Waals surface area contributed by atoms with Crippen LogP contribution in [0.5, 0.6) is 11.5 Å². The van der Waals surface area contributed by atoms with Gasteiger partial charge in [0.25, 0.3) is 5.91 Å². The topological polar surface area (TPSA) is 63.7 Å². The lowest BCUT2D eigenvalue weighted by Gasteiger charge is -2.31. The molecule has 0 atom stereocenters. The fourth-order valence-corrected chi connectivity index (χ4v) is 5.14. The largest absolute Gasteiger partial charge is 0.454 e. The third kappa shape index (κ3) is 5.51. The highest BCUT2D eigenvalue weighted by Gasteiger charge is 2.30. The maximum absolute atomic E-state index is 14.0. The van der Waals surface area contributed by atoms with Crippen molar-refractivity contribution in [1.82, 2.24) is 4.90 Å². The van der Waals surface area contributed by atoms with Gasteiger partial charge in [-0.15, -0.1) is 0 Å². The van der Waals surface area contributed by atoms with Crippen molar-refractivity contribution in [3.8, 4) is 11.5 Å². The van der Waals surface area contributed by atoms with Gasteiger partial charge in [0.1, 0.15) is 21.4 Å². The van der Waals surface area contributed by atoms with Gasteiger partial charge in [-0.3, -0.25) is 4.79 Å². The van der Waals surface area contributed by atoms with E-state index in [9.17, 15) is 17.6 Å². The van der Waals surface area contributed by atoms with Crippen molar-refractivity contribution >= 4 is 38.9 Å². The van der Waals surface area contributed by atoms with E-state index < -0.39 is 20.9 Å². The van der Waals surface area contributed by atoms with Gasteiger partial charge < -0.3 is 9.64 Å². The van der Waals surface area contributed by atoms with Gasteiger partial charge in [0.15, 0.2) is 5.75 Å². The highest BCUT2D eigenvalue weighted by Crippen LogP contribution is 2.40. The minimum Gasteiger partial charge on any atom is -0.454 e. The Labute approximate surface area is 192 Å². The van der Waals surface area contributed by atoms with Crippen LogP contribution in [-0.2, 0) is 9.84 Å². The summed E-state index contributed by atoms with van der Waals surface area (Å²) in [6.07, 6.45) is 1.97. The second-order valence-corrected chi connectivity index (χ2v) is 11.1. The summed E-state index contributed by atoms with van der Waals surface area (Å²) in [5.41, 5.74) is 0.947. The number of piperidine rings is 1. The Morgan fingerprint density at radius 3 is 2.39 bits per heavy atom. The first-order valence-corrected chi connectivity index (χ1v) is 12.6. The molecule has 1 saturated heterocycles. The Morgan fingerprint density at radius 1 is 1.16 bits per heavy atom. The number of rotatable bonds is 5. The van der Waals surface area contributed by atoms with Gasteiger partial charge in [-0.1, -0.05) is 37.0 Å². The summed E-state index contributed by atoms with van der Waals surface area (Å²) in [5.74, 6) is -0.395. The molecule has 3 rings (SSSR count). The van der Waals surface area contributed by atoms with Gasteiger partial charge >= 0.3 is 0 Å². The number of hydrogen-bond acceptors (Lipinski definition) is 4. The zero-order chi connectivity index (χ0) is 22.9. The molecular weight excluding hydrogens is 464 g/mol. The molecule has 1 heterocycles. The minimum absolute atomic E-state index is 0.0260. The number of hydrogen-bond donors (Lipinski definition) is 0. The molecule has 0 aromatic heterocycles. The lowest BCUT2D eigenvalue weighted by Crippen LogP contribution is -2.42. The zero-order valence-corrected chi connectivity index (χ0v) is 19.8. The molecule has 1 aliphatic rings. The van der Waals surface area contributed by atoms with Crippen LogP contribution in [-0.4, -0.2) is 43.8 Å². The molecule has 0 aliphatic carbocycles. The van der Waals surface area contributed by atoms with E-state index >= 15 is 0 Å². The number of carbonyl (C=O) groups excluding carboxylic acids is 1. The molecule has 5 nitrogen and oxygen atoms in total. The van der Waals surface area contributed by atoms with Crippen LogP contribution in [0.25, 0.3) is 0 Å². The molecule has 31 heavy (non-hydrogen) atoms. The number of likely N-dealkylation sites (tertiary alicyclic amines) is 1. The molecule has 9 heteroatoms. The van der Waals surface area contributed by atoms with E-state index in [4.69, 9.17) is 27.9 Å². The summed E-state index contributed by atoms with van der Waals surface area (Å²) in [6, 6.07) is 7.37. The Hall–Kier alpha value is -1.83. The zero-order valence-electron chi connectivity index (χ0n) is 17.5. The number of carbonyl (C=O) groups is 1. The average molecular weight is 488 g/mol. The van der Waals surface area contributed by atoms with E-state index in [0.29, 0.717) is 25.9 Å². The second-order valence-electron chi connectivity index (χ2n) is 8.04. The number of ether oxygens (including phenoxy) is 1. The molecule has 0 saturated carbocycles. The van der Waals surface area contributed by atoms with E-state index in [1.165, 1.54) is 30.5 Å². The summed E-state index contributed by atoms with van der Waals surface area (Å²) >= 11 is 12.7. The molecule has 2 aromatic carbocycles. The van der Waals surface area contributed by atoms with Crippen molar-refractivity contribution in [2.24, 2.45) is 0 Å². The highest BCUT2D eigenvalue weighted by atomic mass is 35.5. The van der Waals surface area contributed by atoms with Gasteiger partial charge in [-0.25, -0.2) is 12.8 Å². The molecule has 0 N–H and O–H groups in total. The molecule has 1 amide bonds. The van der Waals surface area contributed by atoms with E-state index in [1.54, 1.807) is 11.0 Å². The minimum atomic E-state index is -3.14. The summed E-state index contributed by atoms with van der Waals surface area (Å²) < 4.78 is 43.3. The van der Waals surface area contributed by atoms with Crippen LogP contribution in [0, 0.1) is 5.82 Å². The first kappa shape index (κ1) is 23.8. The van der Waals surface area contributed by atoms with Gasteiger partial charge in [0.05, 0.1) is 20.9 Å². The predicted octanol–water partition coefficient (Wildman–Crippen LogP) is 5.70. The molecular formula is C22H24Cl2FNO4S. The van der Waals surface area contributed by atoms with Crippen LogP contribution >= 0.6 is 23.2 Å². The van der Waals surface area contributed by atoms with Crippen LogP contribution in [0.3, 0.4) is 0 Å². The van der Waals surface area contributed by atoms with Crippen LogP contribution in [0.4, 0.5) is 4.39 Å². The van der Waals surface area contributed by atoms with Crippen molar-refractivity contribution in [2.75, 3.05) is 19.3 Å². The van der Waals surface area contributed by atoms with E-state index in [0.717, 1.165) is 5.56 Å². The van der Waals surface area contributed by atoms with Gasteiger partial charge in [0, 0.05) is 25.4 Å². The number of sulfone groups is 1. The highest BCUT2D eigenvalue weighted by molar-refractivity contribution is 7.91. The first-order chi connectivity index (χ1) is 14.5. The van der Waals surface area contributed by atoms with Gasteiger partial charge in [0.2, 0.25) is 0 Å². The van der Waals surface area contributed by atoms with Gasteiger partial charge in [-0.05, 0) is 48.6 Å². The third-order valence-corrected chi connectivity index (χ3v) is 7.75. The summed E-state index contributed by atoms with van der Waals surface area (Å²) in [5, 5.41) is -0.231. The van der Waals surface area contributed by atoms with Crippen molar-refractivity contribution < 1.29 is 22.3 Å². The predicted molar refractivity (Wildman–Crippen MR) is 121 cm³/mol. The molecule has 0 spiro atoms. The fraction of sp³-hybridized carbons (Fsp3) is 0.409. The smallest absolute Gasteiger partial charge is 0.255 e. The number of halogens is 3. The molecule has 168 valence electrons. The lowest BCUT2D eigenvalue weighted by molar-refractivity contribution is 0.0725. The van der Waals surface area contributed by atoms with Crippen molar-refractivity contribution in [3.05, 3.63) is 57.3 Å². The quantitative estimate of drug-likeness (QED) is 0.542. The SMILES string of the molecule is CC(C)c1cc(F)cc(Oc2c(Cl)ccc(C(=O)N3CCC(S(C)(=O)=O)CC3)c2Cl)c1. The maximum atomic E-state index is 14.0. The molecule has 0 radical (unpaired) electrons. The summed E-state index contributed by atoms with van der Waals surface area (Å²) in [4.78, 5) is 14.6. The Kier molecular flexibility index (Phi) is 7.18. The molecule has 0 unspecified atom stereocenters. The third-order valence-electron chi connectivity index (χ3n) is 5.39. The van der Waals surface area contributed by atoms with Crippen LogP contribution in [0.15, 0.2) is 30.3 Å². The molecule has 1 aliphatic heterocycles. The van der Waals surface area contributed by atoms with Crippen molar-refractivity contribution in [3.63, 3.8) is 0 Å². The number of benzene rings is 2. The first-order valence-electron chi connectivity index (χ1n) is 9.92. The average Bonchev–Trinajstić information content (AvgIpc) is 2.69. The van der Waals surface area contributed by atoms with Gasteiger partial charge in [-0.2, -0.15) is 0 Å². The summed E-state index contributed by atoms with van der Waals surface area (Å²) in [7, 11) is -3.14. The maximum Gasteiger partial charge on any atom is 0.255 e. The van der Waals surface area contributed by atoms with Crippen LogP contribution in [0.2, 0.25) is 10.0 Å². The Morgan fingerprint density at radius 2 is 1.81 bits per heavy atom. The Balaban J connectivity index is 1.85. The molecule has 0 bridgehead atoms. The van der Waals surface area contributed by atoms with E-state index in [1.807, 2.05) is 13.8 Å². The van der Waals surface area contributed by atoms with Crippen molar-refractivity contribution in [1.29, 1.82) is 0 Å². The molecule has 1 fully saturated rings. The normalized spacial score (nSPS) is 15.4. The van der Waals surface area contributed by atoms with Crippen LogP contribution < -0.4 is 4.74 Å². The fourth-order valence-electron chi connectivity index (χ4n) is 3.54. The lowest BCUT2D eigenvalue weighted by atomic mass is 10.0. The van der Waals surface area contributed by atoms with Crippen LogP contribution in [0.1, 0.15) is 48.5 Å². The standard InChI is InChI=1S/C22H24Cl2FNO4S/c1-13(2)14-10-15(25)12-16(11-14)30-21-19(23)5-4-18(20(21)24)22(27)26-8-6-17(7-9-26)31(3,28)29/h4-5,10-13,17H,6-9H2,1-3H3. The number of amides is 1. The van der Waals surface area contributed by atoms with Crippen molar-refractivity contribution in [2.45, 2.75) is 37.9 Å². The second kappa shape index (κ2) is 9.35. The van der Waals surface area contributed by atoms with E-state index in [-0.39, 0.29) is 38.9 Å². The Bertz CT molecular complexity index is 1100. The van der Waals surface area contributed by atoms with E-state index in [2.05, 4.69) is 0 Å². The summed E-state index contributed by atoms with van der Waals surface area (Å²) in [6.45, 7) is 4.50. The molecule has 2 aromatic rings. The number of nitrogens with zero attached hydrogens (tertiary/aromatic N) is 1. The monoisotopic (exact) mass is 487 g/mol.